The molecule has 7 nitrogen and oxygen atoms in total. The molecule has 0 radical (unpaired) electrons. The number of piperidine rings is 2. The number of amides is 1. The zero-order valence-electron chi connectivity index (χ0n) is 20.4. The molecule has 1 amide bonds. The van der Waals surface area contributed by atoms with Crippen LogP contribution >= 0.6 is 0 Å². The first kappa shape index (κ1) is 23.9. The fourth-order valence-corrected chi connectivity index (χ4v) is 5.40. The number of benzene rings is 1. The van der Waals surface area contributed by atoms with Gasteiger partial charge in [0.15, 0.2) is 0 Å². The van der Waals surface area contributed by atoms with Crippen molar-refractivity contribution in [2.45, 2.75) is 53.0 Å². The number of aromatic nitrogens is 2. The second-order valence-corrected chi connectivity index (χ2v) is 10.3. The first-order chi connectivity index (χ1) is 16.0. The Morgan fingerprint density at radius 3 is 2.64 bits per heavy atom. The van der Waals surface area contributed by atoms with Crippen LogP contribution in [0, 0.1) is 24.7 Å². The van der Waals surface area contributed by atoms with E-state index in [1.54, 1.807) is 0 Å². The third-order valence-corrected chi connectivity index (χ3v) is 6.96. The van der Waals surface area contributed by atoms with Crippen molar-refractivity contribution >= 4 is 5.91 Å². The smallest absolute Gasteiger partial charge is 0.241 e. The number of carbonyl (C=O) groups is 1. The molecule has 4 rings (SSSR count). The maximum Gasteiger partial charge on any atom is 0.241 e. The second-order valence-electron chi connectivity index (χ2n) is 10.3. The van der Waals surface area contributed by atoms with Gasteiger partial charge in [-0.3, -0.25) is 9.69 Å². The summed E-state index contributed by atoms with van der Waals surface area (Å²) in [5, 5.41) is 7.32. The second kappa shape index (κ2) is 11.3. The monoisotopic (exact) mass is 453 g/mol. The number of rotatable bonds is 8. The van der Waals surface area contributed by atoms with E-state index in [9.17, 15) is 4.79 Å². The molecule has 2 aliphatic heterocycles. The maximum atomic E-state index is 12.6. The lowest BCUT2D eigenvalue weighted by molar-refractivity contribution is -0.126. The molecule has 2 unspecified atom stereocenters. The van der Waals surface area contributed by atoms with Gasteiger partial charge in [0.05, 0.1) is 6.54 Å². The molecule has 0 bridgehead atoms. The molecule has 0 aliphatic carbocycles. The van der Waals surface area contributed by atoms with E-state index in [1.165, 1.54) is 25.1 Å². The van der Waals surface area contributed by atoms with Crippen molar-refractivity contribution < 1.29 is 9.32 Å². The Balaban J connectivity index is 1.14. The number of carbonyl (C=O) groups excluding carboxylic acids is 1. The summed E-state index contributed by atoms with van der Waals surface area (Å²) in [6.07, 6.45) is 4.13. The third kappa shape index (κ3) is 6.87. The molecule has 2 fully saturated rings. The van der Waals surface area contributed by atoms with Gasteiger partial charge in [0, 0.05) is 31.1 Å². The Hall–Kier alpha value is -2.25. The highest BCUT2D eigenvalue weighted by atomic mass is 16.5. The minimum atomic E-state index is 0.113. The number of nitrogens with one attached hydrogen (secondary N) is 1. The average molecular weight is 454 g/mol. The molecule has 1 aromatic carbocycles. The van der Waals surface area contributed by atoms with Crippen LogP contribution in [0.1, 0.15) is 51.0 Å². The number of aryl methyl sites for hydroxylation is 1. The zero-order chi connectivity index (χ0) is 23.2. The molecule has 2 saturated heterocycles. The van der Waals surface area contributed by atoms with E-state index in [0.717, 1.165) is 62.8 Å². The molecule has 1 aromatic heterocycles. The Kier molecular flexibility index (Phi) is 8.15. The highest BCUT2D eigenvalue weighted by Gasteiger charge is 2.26. The van der Waals surface area contributed by atoms with E-state index in [1.807, 2.05) is 12.1 Å². The normalized spacial score (nSPS) is 23.0. The van der Waals surface area contributed by atoms with Crippen LogP contribution < -0.4 is 5.32 Å². The molecule has 2 aliphatic rings. The molecular formula is C26H39N5O2. The van der Waals surface area contributed by atoms with Crippen LogP contribution in [0.4, 0.5) is 0 Å². The summed E-state index contributed by atoms with van der Waals surface area (Å²) in [6.45, 7) is 13.4. The number of nitrogens with zero attached hydrogens (tertiary/aromatic N) is 4. The van der Waals surface area contributed by atoms with Gasteiger partial charge in [0.25, 0.3) is 0 Å². The maximum absolute atomic E-state index is 12.6. The number of hydrogen-bond donors (Lipinski definition) is 1. The lowest BCUT2D eigenvalue weighted by Crippen LogP contribution is -2.42. The molecular weight excluding hydrogens is 414 g/mol. The predicted octanol–water partition coefficient (Wildman–Crippen LogP) is 3.74. The van der Waals surface area contributed by atoms with Gasteiger partial charge < -0.3 is 14.7 Å². The summed E-state index contributed by atoms with van der Waals surface area (Å²) in [4.78, 5) is 22.0. The van der Waals surface area contributed by atoms with E-state index in [0.29, 0.717) is 18.3 Å². The Labute approximate surface area is 197 Å². The van der Waals surface area contributed by atoms with Crippen molar-refractivity contribution in [1.29, 1.82) is 0 Å². The quantitative estimate of drug-likeness (QED) is 0.614. The minimum absolute atomic E-state index is 0.113. The zero-order valence-corrected chi connectivity index (χ0v) is 20.4. The fourth-order valence-electron chi connectivity index (χ4n) is 5.40. The van der Waals surface area contributed by atoms with Crippen molar-refractivity contribution in [2.75, 3.05) is 39.3 Å². The summed E-state index contributed by atoms with van der Waals surface area (Å²) in [5.74, 6) is 3.17. The van der Waals surface area contributed by atoms with E-state index in [4.69, 9.17) is 4.52 Å². The highest BCUT2D eigenvalue weighted by molar-refractivity contribution is 5.78. The lowest BCUT2D eigenvalue weighted by Gasteiger charge is -2.35. The van der Waals surface area contributed by atoms with Gasteiger partial charge in [0.2, 0.25) is 17.6 Å². The van der Waals surface area contributed by atoms with Crippen molar-refractivity contribution in [3.05, 3.63) is 35.7 Å². The van der Waals surface area contributed by atoms with Crippen molar-refractivity contribution in [2.24, 2.45) is 17.8 Å². The Morgan fingerprint density at radius 2 is 1.91 bits per heavy atom. The Morgan fingerprint density at radius 1 is 1.15 bits per heavy atom. The van der Waals surface area contributed by atoms with E-state index < -0.39 is 0 Å². The topological polar surface area (TPSA) is 74.5 Å². The van der Waals surface area contributed by atoms with Gasteiger partial charge >= 0.3 is 0 Å². The summed E-state index contributed by atoms with van der Waals surface area (Å²) >= 11 is 0. The van der Waals surface area contributed by atoms with Gasteiger partial charge in [-0.25, -0.2) is 0 Å². The first-order valence-electron chi connectivity index (χ1n) is 12.6. The molecule has 7 heteroatoms. The molecule has 2 aromatic rings. The lowest BCUT2D eigenvalue weighted by atomic mass is 9.92. The molecule has 0 saturated carbocycles. The van der Waals surface area contributed by atoms with Crippen molar-refractivity contribution in [3.63, 3.8) is 0 Å². The average Bonchev–Trinajstić information content (AvgIpc) is 3.25. The highest BCUT2D eigenvalue weighted by Crippen LogP contribution is 2.22. The molecule has 0 spiro atoms. The third-order valence-electron chi connectivity index (χ3n) is 6.96. The van der Waals surface area contributed by atoms with Gasteiger partial charge in [-0.15, -0.1) is 0 Å². The molecule has 2 atom stereocenters. The van der Waals surface area contributed by atoms with Crippen LogP contribution in [0.15, 0.2) is 28.8 Å². The van der Waals surface area contributed by atoms with Crippen LogP contribution in [0.3, 0.4) is 0 Å². The van der Waals surface area contributed by atoms with Gasteiger partial charge in [-0.1, -0.05) is 42.8 Å². The number of hydrogen-bond acceptors (Lipinski definition) is 6. The van der Waals surface area contributed by atoms with Gasteiger partial charge in [-0.2, -0.15) is 4.98 Å². The summed E-state index contributed by atoms with van der Waals surface area (Å²) < 4.78 is 5.48. The Bertz CT molecular complexity index is 896. The minimum Gasteiger partial charge on any atom is -0.356 e. The van der Waals surface area contributed by atoms with Crippen LogP contribution in [0.25, 0.3) is 11.4 Å². The van der Waals surface area contributed by atoms with Crippen molar-refractivity contribution in [1.82, 2.24) is 25.3 Å². The summed E-state index contributed by atoms with van der Waals surface area (Å²) in [5.41, 5.74) is 2.15. The van der Waals surface area contributed by atoms with Crippen molar-refractivity contribution in [3.8, 4) is 11.4 Å². The van der Waals surface area contributed by atoms with E-state index in [2.05, 4.69) is 58.2 Å². The van der Waals surface area contributed by atoms with Crippen LogP contribution in [-0.4, -0.2) is 65.1 Å². The first-order valence-corrected chi connectivity index (χ1v) is 12.6. The summed E-state index contributed by atoms with van der Waals surface area (Å²) in [7, 11) is 0. The summed E-state index contributed by atoms with van der Waals surface area (Å²) in [6, 6.07) is 8.12. The molecule has 1 N–H and O–H groups in total. The van der Waals surface area contributed by atoms with Crippen LogP contribution in [-0.2, 0) is 11.3 Å². The standard InChI is InChI=1S/C26H39N5O2/c1-19-6-4-7-23(15-19)25-28-24(33-29-25)18-30-12-8-22(9-13-30)26(32)27-10-5-11-31-16-20(2)14-21(3)17-31/h4,6-7,15,20-22H,5,8-14,16-18H2,1-3H3,(H,27,32). The van der Waals surface area contributed by atoms with Crippen LogP contribution in [0.5, 0.6) is 0 Å². The van der Waals surface area contributed by atoms with Gasteiger partial charge in [-0.05, 0) is 70.1 Å². The SMILES string of the molecule is Cc1cccc(-c2noc(CN3CCC(C(=O)NCCCN4CC(C)CC(C)C4)CC3)n2)c1. The van der Waals surface area contributed by atoms with Gasteiger partial charge in [0.1, 0.15) is 0 Å². The fraction of sp³-hybridized carbons (Fsp3) is 0.654. The largest absolute Gasteiger partial charge is 0.356 e. The number of likely N-dealkylation sites (tertiary alicyclic amines) is 2. The van der Waals surface area contributed by atoms with Crippen LogP contribution in [0.2, 0.25) is 0 Å². The molecule has 33 heavy (non-hydrogen) atoms. The van der Waals surface area contributed by atoms with E-state index >= 15 is 0 Å². The molecule has 3 heterocycles. The van der Waals surface area contributed by atoms with E-state index in [-0.39, 0.29) is 11.8 Å². The predicted molar refractivity (Wildman–Crippen MR) is 129 cm³/mol. The molecule has 180 valence electrons.